The molecule has 0 aromatic carbocycles. The summed E-state index contributed by atoms with van der Waals surface area (Å²) in [5.74, 6) is 1.69. The maximum Gasteiger partial charge on any atom is 0.287 e. The topological polar surface area (TPSA) is 62.6 Å². The Balaban J connectivity index is 1.85. The molecule has 116 valence electrons. The largest absolute Gasteiger partial charge is 0.456 e. The number of likely N-dealkylation sites (tertiary alicyclic amines) is 1. The predicted molar refractivity (Wildman–Crippen MR) is 83.7 cm³/mol. The van der Waals surface area contributed by atoms with Gasteiger partial charge in [-0.3, -0.25) is 9.59 Å². The highest BCUT2D eigenvalue weighted by atomic mass is 32.1. The zero-order chi connectivity index (χ0) is 15.4. The van der Waals surface area contributed by atoms with Gasteiger partial charge >= 0.3 is 0 Å². The third-order valence-corrected chi connectivity index (χ3v) is 3.98. The molecule has 0 aliphatic carbocycles. The average Bonchev–Trinajstić information content (AvgIpc) is 2.79. The predicted octanol–water partition coefficient (Wildman–Crippen LogP) is 1.94. The van der Waals surface area contributed by atoms with Crippen molar-refractivity contribution in [3.05, 3.63) is 23.2 Å². The summed E-state index contributed by atoms with van der Waals surface area (Å²) in [5, 5.41) is 3.00. The molecular weight excluding hydrogens is 288 g/mol. The fraction of sp³-hybridized carbons (Fsp3) is 0.600. The van der Waals surface area contributed by atoms with Gasteiger partial charge in [-0.2, -0.15) is 12.6 Å². The summed E-state index contributed by atoms with van der Waals surface area (Å²) in [5.41, 5.74) is 0.853. The molecule has 2 amide bonds. The van der Waals surface area contributed by atoms with Gasteiger partial charge in [0.2, 0.25) is 5.91 Å². The molecule has 2 heterocycles. The molecule has 0 saturated carbocycles. The Bertz CT molecular complexity index is 519. The molecule has 0 radical (unpaired) electrons. The molecule has 1 aliphatic rings. The quantitative estimate of drug-likeness (QED) is 0.836. The van der Waals surface area contributed by atoms with Gasteiger partial charge in [0.15, 0.2) is 5.76 Å². The molecule has 1 fully saturated rings. The van der Waals surface area contributed by atoms with Crippen LogP contribution in [0.25, 0.3) is 0 Å². The maximum absolute atomic E-state index is 12.2. The third-order valence-electron chi connectivity index (χ3n) is 3.76. The summed E-state index contributed by atoms with van der Waals surface area (Å²) in [6.07, 6.45) is 2.04. The molecule has 5 nitrogen and oxygen atoms in total. The van der Waals surface area contributed by atoms with Crippen LogP contribution in [-0.4, -0.2) is 41.6 Å². The summed E-state index contributed by atoms with van der Waals surface area (Å²) in [7, 11) is 0. The number of aryl methyl sites for hydroxylation is 2. The van der Waals surface area contributed by atoms with Gasteiger partial charge in [-0.15, -0.1) is 0 Å². The van der Waals surface area contributed by atoms with E-state index in [1.165, 1.54) is 0 Å². The van der Waals surface area contributed by atoms with Crippen molar-refractivity contribution in [1.29, 1.82) is 0 Å². The van der Waals surface area contributed by atoms with Gasteiger partial charge in [-0.05, 0) is 38.5 Å². The molecule has 1 aromatic heterocycles. The van der Waals surface area contributed by atoms with Crippen molar-refractivity contribution in [1.82, 2.24) is 10.2 Å². The van der Waals surface area contributed by atoms with Crippen molar-refractivity contribution in [3.63, 3.8) is 0 Å². The van der Waals surface area contributed by atoms with Crippen LogP contribution in [0.5, 0.6) is 0 Å². The minimum atomic E-state index is -0.166. The van der Waals surface area contributed by atoms with Crippen LogP contribution in [0.1, 0.15) is 41.1 Å². The first-order valence-electron chi connectivity index (χ1n) is 7.27. The number of furan rings is 1. The zero-order valence-electron chi connectivity index (χ0n) is 12.5. The van der Waals surface area contributed by atoms with E-state index in [2.05, 4.69) is 17.9 Å². The summed E-state index contributed by atoms with van der Waals surface area (Å²) in [6.45, 7) is 5.07. The molecule has 0 spiro atoms. The molecule has 0 atom stereocenters. The molecule has 1 aromatic rings. The summed E-state index contributed by atoms with van der Waals surface area (Å²) >= 11 is 4.08. The van der Waals surface area contributed by atoms with Gasteiger partial charge in [-0.1, -0.05) is 0 Å². The molecule has 1 N–H and O–H groups in total. The number of carbonyl (C=O) groups is 2. The van der Waals surface area contributed by atoms with Crippen LogP contribution in [0.15, 0.2) is 10.5 Å². The fourth-order valence-electron chi connectivity index (χ4n) is 2.64. The molecule has 6 heteroatoms. The molecule has 2 rings (SSSR count). The SMILES string of the molecule is Cc1cc(C)c(C(=O)NC2CCN(C(=O)CCS)CC2)o1. The van der Waals surface area contributed by atoms with E-state index in [-0.39, 0.29) is 17.9 Å². The van der Waals surface area contributed by atoms with Gasteiger partial charge in [-0.25, -0.2) is 0 Å². The van der Waals surface area contributed by atoms with Gasteiger partial charge < -0.3 is 14.6 Å². The van der Waals surface area contributed by atoms with E-state index < -0.39 is 0 Å². The fourth-order valence-corrected chi connectivity index (χ4v) is 2.84. The first-order valence-corrected chi connectivity index (χ1v) is 7.91. The van der Waals surface area contributed by atoms with Crippen LogP contribution in [0.4, 0.5) is 0 Å². The van der Waals surface area contributed by atoms with Crippen molar-refractivity contribution in [2.75, 3.05) is 18.8 Å². The number of hydrogen-bond acceptors (Lipinski definition) is 4. The van der Waals surface area contributed by atoms with Crippen molar-refractivity contribution in [2.45, 2.75) is 39.2 Å². The smallest absolute Gasteiger partial charge is 0.287 e. The maximum atomic E-state index is 12.2. The summed E-state index contributed by atoms with van der Waals surface area (Å²) in [6, 6.07) is 1.95. The highest BCUT2D eigenvalue weighted by Gasteiger charge is 2.25. The van der Waals surface area contributed by atoms with Gasteiger partial charge in [0, 0.05) is 31.1 Å². The molecule has 21 heavy (non-hydrogen) atoms. The lowest BCUT2D eigenvalue weighted by Gasteiger charge is -2.32. The third kappa shape index (κ3) is 4.03. The lowest BCUT2D eigenvalue weighted by molar-refractivity contribution is -0.131. The monoisotopic (exact) mass is 310 g/mol. The van der Waals surface area contributed by atoms with E-state index in [0.29, 0.717) is 31.0 Å². The Hall–Kier alpha value is -1.43. The molecule has 0 unspecified atom stereocenters. The van der Waals surface area contributed by atoms with Crippen LogP contribution in [-0.2, 0) is 4.79 Å². The Morgan fingerprint density at radius 2 is 2.05 bits per heavy atom. The number of hydrogen-bond donors (Lipinski definition) is 2. The number of thiol groups is 1. The lowest BCUT2D eigenvalue weighted by atomic mass is 10.0. The normalized spacial score (nSPS) is 16.0. The molecule has 1 saturated heterocycles. The Morgan fingerprint density at radius 3 is 2.57 bits per heavy atom. The second kappa shape index (κ2) is 7.02. The average molecular weight is 310 g/mol. The Labute approximate surface area is 130 Å². The number of carbonyl (C=O) groups excluding carboxylic acids is 2. The molecule has 0 bridgehead atoms. The van der Waals surface area contributed by atoms with Crippen LogP contribution in [0.3, 0.4) is 0 Å². The lowest BCUT2D eigenvalue weighted by Crippen LogP contribution is -2.46. The van der Waals surface area contributed by atoms with E-state index in [4.69, 9.17) is 4.42 Å². The second-order valence-corrected chi connectivity index (χ2v) is 5.92. The van der Waals surface area contributed by atoms with E-state index >= 15 is 0 Å². The minimum absolute atomic E-state index is 0.0994. The van der Waals surface area contributed by atoms with E-state index in [1.54, 1.807) is 0 Å². The van der Waals surface area contributed by atoms with Crippen LogP contribution >= 0.6 is 12.6 Å². The van der Waals surface area contributed by atoms with Crippen LogP contribution in [0, 0.1) is 13.8 Å². The highest BCUT2D eigenvalue weighted by Crippen LogP contribution is 2.16. The van der Waals surface area contributed by atoms with Crippen molar-refractivity contribution in [2.24, 2.45) is 0 Å². The number of piperidine rings is 1. The zero-order valence-corrected chi connectivity index (χ0v) is 13.4. The van der Waals surface area contributed by atoms with Crippen molar-refractivity contribution < 1.29 is 14.0 Å². The first-order chi connectivity index (χ1) is 10.0. The highest BCUT2D eigenvalue weighted by molar-refractivity contribution is 7.80. The number of nitrogens with one attached hydrogen (secondary N) is 1. The van der Waals surface area contributed by atoms with E-state index in [0.717, 1.165) is 24.2 Å². The van der Waals surface area contributed by atoms with Crippen LogP contribution in [0.2, 0.25) is 0 Å². The van der Waals surface area contributed by atoms with E-state index in [1.807, 2.05) is 24.8 Å². The van der Waals surface area contributed by atoms with Crippen molar-refractivity contribution >= 4 is 24.4 Å². The Morgan fingerprint density at radius 1 is 1.38 bits per heavy atom. The summed E-state index contributed by atoms with van der Waals surface area (Å²) in [4.78, 5) is 25.8. The number of nitrogens with zero attached hydrogens (tertiary/aromatic N) is 1. The standard InChI is InChI=1S/C15H22N2O3S/c1-10-9-11(2)20-14(10)15(19)16-12-3-6-17(7-4-12)13(18)5-8-21/h9,12,21H,3-8H2,1-2H3,(H,16,19). The number of rotatable bonds is 4. The van der Waals surface area contributed by atoms with Crippen LogP contribution < -0.4 is 5.32 Å². The first kappa shape index (κ1) is 15.9. The van der Waals surface area contributed by atoms with E-state index in [9.17, 15) is 9.59 Å². The van der Waals surface area contributed by atoms with Crippen molar-refractivity contribution in [3.8, 4) is 0 Å². The van der Waals surface area contributed by atoms with Gasteiger partial charge in [0.1, 0.15) is 5.76 Å². The molecule has 1 aliphatic heterocycles. The molecular formula is C15H22N2O3S. The minimum Gasteiger partial charge on any atom is -0.456 e. The van der Waals surface area contributed by atoms with Gasteiger partial charge in [0.25, 0.3) is 5.91 Å². The Kier molecular flexibility index (Phi) is 5.33. The number of amides is 2. The van der Waals surface area contributed by atoms with Gasteiger partial charge in [0.05, 0.1) is 0 Å². The second-order valence-electron chi connectivity index (χ2n) is 5.47. The summed E-state index contributed by atoms with van der Waals surface area (Å²) < 4.78 is 5.42.